The number of hydrogen-bond acceptors (Lipinski definition) is 7. The maximum atomic E-state index is 12.0. The Morgan fingerprint density at radius 2 is 1.88 bits per heavy atom. The number of carboxylic acid groups (broad SMARTS) is 1. The summed E-state index contributed by atoms with van der Waals surface area (Å²) in [5, 5.41) is 29.6. The summed E-state index contributed by atoms with van der Waals surface area (Å²) < 4.78 is 0. The normalized spacial score (nSPS) is 14.5. The molecule has 0 aliphatic heterocycles. The van der Waals surface area contributed by atoms with Gasteiger partial charge in [0, 0.05) is 37.9 Å². The molecule has 25 heavy (non-hydrogen) atoms. The Morgan fingerprint density at radius 1 is 1.28 bits per heavy atom. The minimum atomic E-state index is -1.64. The first-order chi connectivity index (χ1) is 11.7. The molecule has 0 spiro atoms. The molecule has 2 atom stereocenters. The molecule has 0 fully saturated rings. The second-order valence-electron chi connectivity index (χ2n) is 6.07. The number of ketones is 1. The molecular weight excluding hydrogens is 330 g/mol. The SMILES string of the molecule is NC[C@@](O)(CC(=O)CCCc1ccc([N+](=O)[O-])cc1)C[C@H](N)C(=O)O. The van der Waals surface area contributed by atoms with Crippen LogP contribution in [0.3, 0.4) is 0 Å². The van der Waals surface area contributed by atoms with E-state index < -0.39 is 22.5 Å². The highest BCUT2D eigenvalue weighted by Crippen LogP contribution is 2.19. The van der Waals surface area contributed by atoms with Gasteiger partial charge in [-0.15, -0.1) is 0 Å². The Morgan fingerprint density at radius 3 is 2.36 bits per heavy atom. The largest absolute Gasteiger partial charge is 0.480 e. The quantitative estimate of drug-likeness (QED) is 0.326. The monoisotopic (exact) mass is 353 g/mol. The first kappa shape index (κ1) is 20.7. The Bertz CT molecular complexity index is 619. The molecule has 0 heterocycles. The average Bonchev–Trinajstić information content (AvgIpc) is 2.55. The summed E-state index contributed by atoms with van der Waals surface area (Å²) in [6, 6.07) is 4.77. The standard InChI is InChI=1S/C16H23N3O6/c17-10-16(23,9-14(18)15(21)22)8-13(20)3-1-2-11-4-6-12(7-5-11)19(24)25/h4-7,14,23H,1-3,8-10,17-18H2,(H,21,22)/t14-,16+/m0/s1. The predicted molar refractivity (Wildman–Crippen MR) is 89.9 cm³/mol. The molecule has 0 aliphatic carbocycles. The van der Waals surface area contributed by atoms with Gasteiger partial charge in [0.2, 0.25) is 0 Å². The summed E-state index contributed by atoms with van der Waals surface area (Å²) in [5.74, 6) is -1.51. The van der Waals surface area contributed by atoms with Gasteiger partial charge in [-0.3, -0.25) is 19.7 Å². The van der Waals surface area contributed by atoms with Crippen LogP contribution in [0.5, 0.6) is 0 Å². The zero-order chi connectivity index (χ0) is 19.0. The number of carbonyl (C=O) groups is 2. The van der Waals surface area contributed by atoms with Crippen molar-refractivity contribution in [1.29, 1.82) is 0 Å². The molecule has 1 rings (SSSR count). The number of carbonyl (C=O) groups excluding carboxylic acids is 1. The summed E-state index contributed by atoms with van der Waals surface area (Å²) in [6.45, 7) is -0.262. The molecule has 138 valence electrons. The molecule has 9 heteroatoms. The predicted octanol–water partition coefficient (Wildman–Crippen LogP) is 0.368. The second kappa shape index (κ2) is 9.21. The van der Waals surface area contributed by atoms with Crippen LogP contribution in [0.4, 0.5) is 5.69 Å². The number of Topliss-reactive ketones (excluding diaryl/α,β-unsaturated/α-hetero) is 1. The van der Waals surface area contributed by atoms with Crippen molar-refractivity contribution in [3.8, 4) is 0 Å². The van der Waals surface area contributed by atoms with Crippen molar-refractivity contribution < 1.29 is 24.7 Å². The van der Waals surface area contributed by atoms with Crippen LogP contribution in [0, 0.1) is 10.1 Å². The third kappa shape index (κ3) is 6.96. The molecule has 0 saturated heterocycles. The molecule has 0 aliphatic rings. The van der Waals surface area contributed by atoms with E-state index in [0.717, 1.165) is 5.56 Å². The minimum Gasteiger partial charge on any atom is -0.480 e. The van der Waals surface area contributed by atoms with Crippen molar-refractivity contribution in [2.45, 2.75) is 43.7 Å². The van der Waals surface area contributed by atoms with Crippen LogP contribution in [0.25, 0.3) is 0 Å². The number of hydrogen-bond donors (Lipinski definition) is 4. The van der Waals surface area contributed by atoms with E-state index in [4.69, 9.17) is 16.6 Å². The van der Waals surface area contributed by atoms with Crippen LogP contribution in [-0.4, -0.2) is 45.1 Å². The maximum Gasteiger partial charge on any atom is 0.320 e. The van der Waals surface area contributed by atoms with Gasteiger partial charge in [0.05, 0.1) is 10.5 Å². The number of aryl methyl sites for hydroxylation is 1. The van der Waals surface area contributed by atoms with E-state index >= 15 is 0 Å². The average molecular weight is 353 g/mol. The highest BCUT2D eigenvalue weighted by molar-refractivity contribution is 5.80. The number of nitrogens with two attached hydrogens (primary N) is 2. The molecule has 0 amide bonds. The van der Waals surface area contributed by atoms with Crippen molar-refractivity contribution in [2.75, 3.05) is 6.54 Å². The third-order valence-electron chi connectivity index (χ3n) is 3.89. The Hall–Kier alpha value is -2.36. The topological polar surface area (TPSA) is 170 Å². The van der Waals surface area contributed by atoms with Crippen LogP contribution >= 0.6 is 0 Å². The molecule has 9 nitrogen and oxygen atoms in total. The van der Waals surface area contributed by atoms with Gasteiger partial charge < -0.3 is 21.7 Å². The first-order valence-electron chi connectivity index (χ1n) is 7.83. The van der Waals surface area contributed by atoms with Crippen molar-refractivity contribution >= 4 is 17.4 Å². The number of nitro benzene ring substituents is 1. The number of non-ortho nitro benzene ring substituents is 1. The first-order valence-corrected chi connectivity index (χ1v) is 7.83. The van der Waals surface area contributed by atoms with E-state index in [2.05, 4.69) is 0 Å². The highest BCUT2D eigenvalue weighted by atomic mass is 16.6. The lowest BCUT2D eigenvalue weighted by Crippen LogP contribution is -2.47. The fourth-order valence-corrected chi connectivity index (χ4v) is 2.45. The van der Waals surface area contributed by atoms with E-state index in [1.807, 2.05) is 0 Å². The van der Waals surface area contributed by atoms with Crippen LogP contribution < -0.4 is 11.5 Å². The summed E-state index contributed by atoms with van der Waals surface area (Å²) in [7, 11) is 0. The summed E-state index contributed by atoms with van der Waals surface area (Å²) in [6.07, 6.45) is 0.682. The van der Waals surface area contributed by atoms with Gasteiger partial charge in [0.1, 0.15) is 11.8 Å². The van der Waals surface area contributed by atoms with Gasteiger partial charge in [0.25, 0.3) is 5.69 Å². The molecular formula is C16H23N3O6. The van der Waals surface area contributed by atoms with Gasteiger partial charge in [-0.2, -0.15) is 0 Å². The number of nitro groups is 1. The van der Waals surface area contributed by atoms with Gasteiger partial charge in [-0.1, -0.05) is 12.1 Å². The summed E-state index contributed by atoms with van der Waals surface area (Å²) in [5.41, 5.74) is 10.1. The van der Waals surface area contributed by atoms with Gasteiger partial charge in [-0.25, -0.2) is 0 Å². The Kier molecular flexibility index (Phi) is 7.62. The lowest BCUT2D eigenvalue weighted by atomic mass is 9.88. The van der Waals surface area contributed by atoms with Crippen LogP contribution in [-0.2, 0) is 16.0 Å². The Balaban J connectivity index is 2.47. The number of aliphatic hydroxyl groups is 1. The van der Waals surface area contributed by atoms with Crippen LogP contribution in [0.15, 0.2) is 24.3 Å². The van der Waals surface area contributed by atoms with Gasteiger partial charge in [0.15, 0.2) is 0 Å². The minimum absolute atomic E-state index is 0.00241. The highest BCUT2D eigenvalue weighted by Gasteiger charge is 2.32. The van der Waals surface area contributed by atoms with E-state index in [0.29, 0.717) is 12.8 Å². The molecule has 1 aromatic rings. The summed E-state index contributed by atoms with van der Waals surface area (Å²) >= 11 is 0. The lowest BCUT2D eigenvalue weighted by Gasteiger charge is -2.27. The number of aliphatic carboxylic acids is 1. The lowest BCUT2D eigenvalue weighted by molar-refractivity contribution is -0.384. The fraction of sp³-hybridized carbons (Fsp3) is 0.500. The van der Waals surface area contributed by atoms with E-state index in [9.17, 15) is 24.8 Å². The second-order valence-corrected chi connectivity index (χ2v) is 6.07. The molecule has 0 bridgehead atoms. The van der Waals surface area contributed by atoms with E-state index in [1.54, 1.807) is 12.1 Å². The molecule has 0 aromatic heterocycles. The smallest absolute Gasteiger partial charge is 0.320 e. The molecule has 0 unspecified atom stereocenters. The molecule has 1 aromatic carbocycles. The van der Waals surface area contributed by atoms with Gasteiger partial charge >= 0.3 is 5.97 Å². The van der Waals surface area contributed by atoms with E-state index in [1.165, 1.54) is 12.1 Å². The summed E-state index contributed by atoms with van der Waals surface area (Å²) in [4.78, 5) is 32.9. The molecule has 0 saturated carbocycles. The molecule has 0 radical (unpaired) electrons. The maximum absolute atomic E-state index is 12.0. The Labute approximate surface area is 144 Å². The van der Waals surface area contributed by atoms with Crippen molar-refractivity contribution in [3.63, 3.8) is 0 Å². The third-order valence-corrected chi connectivity index (χ3v) is 3.89. The van der Waals surface area contributed by atoms with E-state index in [-0.39, 0.29) is 37.3 Å². The molecule has 6 N–H and O–H groups in total. The zero-order valence-corrected chi connectivity index (χ0v) is 13.8. The number of carboxylic acids is 1. The van der Waals surface area contributed by atoms with Crippen LogP contribution in [0.1, 0.15) is 31.2 Å². The van der Waals surface area contributed by atoms with Crippen molar-refractivity contribution in [1.82, 2.24) is 0 Å². The van der Waals surface area contributed by atoms with Crippen LogP contribution in [0.2, 0.25) is 0 Å². The number of rotatable bonds is 11. The number of nitrogens with zero attached hydrogens (tertiary/aromatic N) is 1. The van der Waals surface area contributed by atoms with Gasteiger partial charge in [-0.05, 0) is 18.4 Å². The van der Waals surface area contributed by atoms with Crippen molar-refractivity contribution in [2.24, 2.45) is 11.5 Å². The van der Waals surface area contributed by atoms with Crippen molar-refractivity contribution in [3.05, 3.63) is 39.9 Å². The fourth-order valence-electron chi connectivity index (χ4n) is 2.45. The number of benzene rings is 1. The zero-order valence-electron chi connectivity index (χ0n) is 13.8.